The van der Waals surface area contributed by atoms with Crippen LogP contribution < -0.4 is 21.7 Å². The molecule has 6 aromatic rings. The maximum atomic E-state index is 15.7. The number of aromatic nitrogens is 1. The first-order chi connectivity index (χ1) is 35.8. The molecule has 1 aliphatic heterocycles. The summed E-state index contributed by atoms with van der Waals surface area (Å²) in [6.45, 7) is 12.8. The number of benzene rings is 5. The lowest BCUT2D eigenvalue weighted by Crippen LogP contribution is -2.63. The number of rotatable bonds is 20. The molecule has 1 fully saturated rings. The molecule has 394 valence electrons. The number of hydrogen-bond donors (Lipinski definition) is 5. The molecule has 1 aliphatic rings. The molecule has 6 N–H and O–H groups in total. The van der Waals surface area contributed by atoms with Crippen molar-refractivity contribution in [2.75, 3.05) is 6.54 Å². The lowest BCUT2D eigenvalue weighted by molar-refractivity contribution is -0.146. The van der Waals surface area contributed by atoms with Gasteiger partial charge in [0.25, 0.3) is 0 Å². The summed E-state index contributed by atoms with van der Waals surface area (Å²) in [6, 6.07) is 41.2. The number of carbonyl (C=O) groups excluding carboxylic acids is 6. The smallest absolute Gasteiger partial charge is 0.428 e. The van der Waals surface area contributed by atoms with Crippen LogP contribution in [0.5, 0.6) is 0 Å². The Morgan fingerprint density at radius 3 is 1.80 bits per heavy atom. The van der Waals surface area contributed by atoms with Gasteiger partial charge in [-0.05, 0) is 100 Å². The van der Waals surface area contributed by atoms with Crippen molar-refractivity contribution in [3.05, 3.63) is 180 Å². The fourth-order valence-electron chi connectivity index (χ4n) is 9.74. The topological polar surface area (TPSA) is 202 Å². The predicted octanol–water partition coefficient (Wildman–Crippen LogP) is 8.75. The Bertz CT molecular complexity index is 2810. The number of nitrogens with one attached hydrogen (secondary N) is 4. The van der Waals surface area contributed by atoms with Gasteiger partial charge in [0, 0.05) is 34.8 Å². The number of hydrogen-bond acceptors (Lipinski definition) is 10. The summed E-state index contributed by atoms with van der Waals surface area (Å²) in [5.41, 5.74) is 10.9. The predicted molar refractivity (Wildman–Crippen MR) is 293 cm³/mol. The first kappa shape index (κ1) is 55.5. The molecule has 0 bridgehead atoms. The average Bonchev–Trinajstić information content (AvgIpc) is 4.05. The number of carbonyl (C=O) groups is 6. The summed E-state index contributed by atoms with van der Waals surface area (Å²) < 4.78 is 8.39. The number of likely N-dealkylation sites (tertiary alicyclic amines) is 1. The molecule has 2 heterocycles. The minimum atomic E-state index is -1.37. The van der Waals surface area contributed by atoms with Crippen molar-refractivity contribution < 1.29 is 38.2 Å². The number of fused-ring (bicyclic) bond motifs is 1. The molecule has 14 nitrogen and oxygen atoms in total. The van der Waals surface area contributed by atoms with E-state index >= 15 is 4.79 Å². The SMILES string of the molecule is CC(C)C[C@H](NC(=O)[C@@H]1CCCN1C(=O)[C@H](NC(=O)[C@@H](N)Cc1ccccc1)C(C)(C)SC(c1ccccc1)(c1ccccc1)c1ccccc1)C(=O)N[C@@H](Cc1c[nH]c2ccccc12)C(=O)OC(=O)OC(C)(C)C. The van der Waals surface area contributed by atoms with Crippen molar-refractivity contribution in [3.63, 3.8) is 0 Å². The quantitative estimate of drug-likeness (QED) is 0.0280. The highest BCUT2D eigenvalue weighted by Gasteiger charge is 2.50. The Balaban J connectivity index is 1.20. The molecule has 5 aromatic carbocycles. The van der Waals surface area contributed by atoms with Crippen LogP contribution in [-0.2, 0) is 51.0 Å². The van der Waals surface area contributed by atoms with E-state index < -0.39 is 81.1 Å². The van der Waals surface area contributed by atoms with Crippen molar-refractivity contribution >= 4 is 58.4 Å². The first-order valence-corrected chi connectivity index (χ1v) is 26.4. The number of ether oxygens (including phenoxy) is 2. The highest BCUT2D eigenvalue weighted by atomic mass is 32.2. The number of nitrogens with zero attached hydrogens (tertiary/aromatic N) is 1. The van der Waals surface area contributed by atoms with E-state index in [1.165, 1.54) is 16.7 Å². The zero-order valence-electron chi connectivity index (χ0n) is 43.8. The van der Waals surface area contributed by atoms with E-state index in [1.807, 2.05) is 137 Å². The molecule has 5 atom stereocenters. The molecular formula is C60H70N6O8S. The van der Waals surface area contributed by atoms with E-state index in [9.17, 15) is 24.0 Å². The maximum absolute atomic E-state index is 15.7. The van der Waals surface area contributed by atoms with E-state index in [1.54, 1.807) is 27.0 Å². The van der Waals surface area contributed by atoms with Crippen LogP contribution in [0.1, 0.15) is 95.5 Å². The third-order valence-corrected chi connectivity index (χ3v) is 15.0. The zero-order valence-corrected chi connectivity index (χ0v) is 44.7. The van der Waals surface area contributed by atoms with Crippen LogP contribution in [-0.4, -0.2) is 92.7 Å². The van der Waals surface area contributed by atoms with Crippen molar-refractivity contribution in [1.29, 1.82) is 0 Å². The second-order valence-corrected chi connectivity index (χ2v) is 23.0. The Hall–Kier alpha value is -7.23. The van der Waals surface area contributed by atoms with Gasteiger partial charge in [-0.1, -0.05) is 153 Å². The fraction of sp³-hybridized carbons (Fsp3) is 0.367. The summed E-state index contributed by atoms with van der Waals surface area (Å²) in [6.07, 6.45) is 1.59. The van der Waals surface area contributed by atoms with Gasteiger partial charge >= 0.3 is 12.1 Å². The van der Waals surface area contributed by atoms with Crippen LogP contribution in [0.15, 0.2) is 152 Å². The maximum Gasteiger partial charge on any atom is 0.516 e. The molecule has 1 saturated heterocycles. The molecule has 1 aromatic heterocycles. The molecule has 0 radical (unpaired) electrons. The van der Waals surface area contributed by atoms with E-state index in [-0.39, 0.29) is 38.1 Å². The van der Waals surface area contributed by atoms with E-state index in [0.717, 1.165) is 33.2 Å². The van der Waals surface area contributed by atoms with Gasteiger partial charge in [0.2, 0.25) is 23.6 Å². The van der Waals surface area contributed by atoms with Crippen molar-refractivity contribution in [1.82, 2.24) is 25.8 Å². The first-order valence-electron chi connectivity index (χ1n) is 25.6. The molecule has 15 heteroatoms. The number of esters is 1. The van der Waals surface area contributed by atoms with Gasteiger partial charge in [0.05, 0.1) is 10.8 Å². The van der Waals surface area contributed by atoms with Crippen LogP contribution in [0.2, 0.25) is 0 Å². The van der Waals surface area contributed by atoms with E-state index in [2.05, 4.69) is 57.3 Å². The Kier molecular flexibility index (Phi) is 18.1. The summed E-state index contributed by atoms with van der Waals surface area (Å²) >= 11 is 1.53. The summed E-state index contributed by atoms with van der Waals surface area (Å²) in [4.78, 5) is 90.7. The second kappa shape index (κ2) is 24.4. The van der Waals surface area contributed by atoms with Crippen LogP contribution in [0.4, 0.5) is 4.79 Å². The highest BCUT2D eigenvalue weighted by Crippen LogP contribution is 2.54. The zero-order chi connectivity index (χ0) is 53.9. The molecule has 0 unspecified atom stereocenters. The third-order valence-electron chi connectivity index (χ3n) is 13.3. The average molecular weight is 1040 g/mol. The van der Waals surface area contributed by atoms with Gasteiger partial charge in [-0.15, -0.1) is 11.8 Å². The van der Waals surface area contributed by atoms with Gasteiger partial charge in [-0.2, -0.15) is 0 Å². The normalized spacial score (nSPS) is 15.6. The summed E-state index contributed by atoms with van der Waals surface area (Å²) in [7, 11) is 0. The number of nitrogens with two attached hydrogens (primary N) is 1. The molecule has 7 rings (SSSR count). The van der Waals surface area contributed by atoms with E-state index in [4.69, 9.17) is 15.2 Å². The lowest BCUT2D eigenvalue weighted by atomic mass is 9.84. The van der Waals surface area contributed by atoms with Gasteiger partial charge in [-0.25, -0.2) is 9.59 Å². The number of thioether (sulfide) groups is 1. The summed E-state index contributed by atoms with van der Waals surface area (Å²) in [5, 5.41) is 9.64. The van der Waals surface area contributed by atoms with Crippen molar-refractivity contribution in [2.45, 2.75) is 126 Å². The van der Waals surface area contributed by atoms with Crippen LogP contribution in [0, 0.1) is 5.92 Å². The van der Waals surface area contributed by atoms with Gasteiger partial charge in [-0.3, -0.25) is 19.2 Å². The van der Waals surface area contributed by atoms with Gasteiger partial charge < -0.3 is 41.0 Å². The van der Waals surface area contributed by atoms with Crippen LogP contribution >= 0.6 is 11.8 Å². The largest absolute Gasteiger partial charge is 0.516 e. The minimum absolute atomic E-state index is 0.0549. The Morgan fingerprint density at radius 2 is 1.24 bits per heavy atom. The van der Waals surface area contributed by atoms with Crippen LogP contribution in [0.25, 0.3) is 10.9 Å². The monoisotopic (exact) mass is 1030 g/mol. The molecule has 4 amide bonds. The lowest BCUT2D eigenvalue weighted by Gasteiger charge is -2.45. The Morgan fingerprint density at radius 1 is 0.693 bits per heavy atom. The fourth-order valence-corrected chi connectivity index (χ4v) is 11.6. The minimum Gasteiger partial charge on any atom is -0.428 e. The molecular weight excluding hydrogens is 965 g/mol. The molecule has 0 saturated carbocycles. The third kappa shape index (κ3) is 13.9. The Labute approximate surface area is 444 Å². The second-order valence-electron chi connectivity index (χ2n) is 21.1. The number of para-hydroxylation sites is 1. The summed E-state index contributed by atoms with van der Waals surface area (Å²) in [5.74, 6) is -3.43. The van der Waals surface area contributed by atoms with E-state index in [0.29, 0.717) is 12.0 Å². The number of H-pyrrole nitrogens is 1. The van der Waals surface area contributed by atoms with Crippen molar-refractivity contribution in [3.8, 4) is 0 Å². The van der Waals surface area contributed by atoms with Crippen molar-refractivity contribution in [2.24, 2.45) is 11.7 Å². The molecule has 0 spiro atoms. The molecule has 75 heavy (non-hydrogen) atoms. The number of aromatic amines is 1. The number of amides is 4. The van der Waals surface area contributed by atoms with Gasteiger partial charge in [0.1, 0.15) is 29.8 Å². The standard InChI is InChI=1S/C60H70N6O8S/c1-39(2)35-48(53(68)64-49(56(71)73-57(72)74-58(3,4)5)37-41-38-62-47-32-21-20-31-45(41)47)63-54(69)50-33-22-34-66(50)55(70)51(65-52(67)46(61)36-40-23-12-8-13-24-40)59(6,7)75-60(42-25-14-9-15-26-42,43-27-16-10-17-28-43)44-29-18-11-19-30-44/h8-21,23-32,38-39,46,48-51,62H,22,33-37,61H2,1-7H3,(H,63,69)(H,64,68)(H,65,67)/t46-,48-,49-,50-,51-/m0/s1. The highest BCUT2D eigenvalue weighted by molar-refractivity contribution is 8.02. The molecule has 0 aliphatic carbocycles. The van der Waals surface area contributed by atoms with Gasteiger partial charge in [0.15, 0.2) is 0 Å². The van der Waals surface area contributed by atoms with Crippen LogP contribution in [0.3, 0.4) is 0 Å².